The summed E-state index contributed by atoms with van der Waals surface area (Å²) in [5.74, 6) is 0. The molecule has 0 amide bonds. The number of benzene rings is 8. The van der Waals surface area contributed by atoms with Crippen molar-refractivity contribution in [3.63, 3.8) is 0 Å². The van der Waals surface area contributed by atoms with E-state index in [-0.39, 0.29) is 5.41 Å². The van der Waals surface area contributed by atoms with Crippen LogP contribution in [0, 0.1) is 0 Å². The summed E-state index contributed by atoms with van der Waals surface area (Å²) < 4.78 is 0. The zero-order valence-electron chi connectivity index (χ0n) is 24.9. The van der Waals surface area contributed by atoms with Crippen molar-refractivity contribution < 1.29 is 0 Å². The fraction of sp³-hybridized carbons (Fsp3) is 0.0222. The predicted octanol–water partition coefficient (Wildman–Crippen LogP) is 12.1. The number of fused-ring (bicyclic) bond motifs is 14. The Bertz CT molecular complexity index is 2620. The normalized spacial score (nSPS) is 16.3. The second-order valence-electron chi connectivity index (χ2n) is 12.8. The minimum Gasteiger partial charge on any atom is -0.0888 e. The lowest BCUT2D eigenvalue weighted by Crippen LogP contribution is -2.26. The maximum atomic E-state index is 2.45. The van der Waals surface area contributed by atoms with E-state index in [4.69, 9.17) is 0 Å². The zero-order chi connectivity index (χ0) is 30.0. The molecule has 11 rings (SSSR count). The van der Waals surface area contributed by atoms with Gasteiger partial charge in [0.2, 0.25) is 0 Å². The molecule has 0 aromatic heterocycles. The van der Waals surface area contributed by atoms with Crippen molar-refractivity contribution in [2.45, 2.75) is 15.2 Å². The van der Waals surface area contributed by atoms with E-state index in [1.54, 1.807) is 0 Å². The lowest BCUT2D eigenvalue weighted by atomic mass is 9.69. The fourth-order valence-corrected chi connectivity index (χ4v) is 10.1. The van der Waals surface area contributed by atoms with Gasteiger partial charge in [-0.25, -0.2) is 0 Å². The van der Waals surface area contributed by atoms with Crippen LogP contribution in [0.3, 0.4) is 0 Å². The average Bonchev–Trinajstić information content (AvgIpc) is 3.59. The van der Waals surface area contributed by atoms with Gasteiger partial charge >= 0.3 is 0 Å². The van der Waals surface area contributed by atoms with Gasteiger partial charge < -0.3 is 0 Å². The largest absolute Gasteiger partial charge is 0.0888 e. The molecule has 1 heterocycles. The van der Waals surface area contributed by atoms with Gasteiger partial charge in [0.1, 0.15) is 0 Å². The topological polar surface area (TPSA) is 0 Å². The molecular formula is C45H26S. The molecule has 8 aromatic rings. The van der Waals surface area contributed by atoms with Crippen LogP contribution in [0.25, 0.3) is 66.1 Å². The summed E-state index contributed by atoms with van der Waals surface area (Å²) in [6, 6.07) is 59.4. The summed E-state index contributed by atoms with van der Waals surface area (Å²) >= 11 is 1.89. The Morgan fingerprint density at radius 1 is 0.391 bits per heavy atom. The zero-order valence-corrected chi connectivity index (χ0v) is 25.7. The summed E-state index contributed by atoms with van der Waals surface area (Å²) in [7, 11) is 0. The van der Waals surface area contributed by atoms with Crippen molar-refractivity contribution >= 4 is 33.3 Å². The summed E-state index contributed by atoms with van der Waals surface area (Å²) in [4.78, 5) is 2.67. The number of hydrogen-bond acceptors (Lipinski definition) is 1. The molecule has 46 heavy (non-hydrogen) atoms. The summed E-state index contributed by atoms with van der Waals surface area (Å²) in [6.45, 7) is 0. The van der Waals surface area contributed by atoms with Crippen LogP contribution in [0.4, 0.5) is 0 Å². The maximum Gasteiger partial charge on any atom is 0.0731 e. The van der Waals surface area contributed by atoms with E-state index in [1.165, 1.54) is 98.1 Å². The molecule has 3 aliphatic rings. The Morgan fingerprint density at radius 2 is 1.07 bits per heavy atom. The third-order valence-electron chi connectivity index (χ3n) is 10.7. The first-order chi connectivity index (χ1) is 22.8. The number of rotatable bonds is 1. The van der Waals surface area contributed by atoms with Gasteiger partial charge in [-0.1, -0.05) is 151 Å². The molecule has 212 valence electrons. The average molecular weight is 599 g/mol. The molecule has 2 aliphatic carbocycles. The highest BCUT2D eigenvalue weighted by atomic mass is 32.2. The SMILES string of the molecule is c1ccc2c(c1)-c1ccc3ccccc3c1C21c2ccccc2-c2c(-c3ccc4c(c3)-c3cccc5cccc(c35)S4)cccc21. The summed E-state index contributed by atoms with van der Waals surface area (Å²) in [5, 5.41) is 5.30. The van der Waals surface area contributed by atoms with Crippen molar-refractivity contribution in [3.8, 4) is 44.5 Å². The van der Waals surface area contributed by atoms with E-state index in [0.717, 1.165) is 0 Å². The van der Waals surface area contributed by atoms with E-state index in [2.05, 4.69) is 158 Å². The molecule has 1 atom stereocenters. The third-order valence-corrected chi connectivity index (χ3v) is 11.8. The Labute approximate surface area is 272 Å². The van der Waals surface area contributed by atoms with E-state index in [9.17, 15) is 0 Å². The van der Waals surface area contributed by atoms with Crippen LogP contribution in [0.1, 0.15) is 22.3 Å². The smallest absolute Gasteiger partial charge is 0.0731 e. The predicted molar refractivity (Wildman–Crippen MR) is 193 cm³/mol. The molecule has 0 bridgehead atoms. The van der Waals surface area contributed by atoms with E-state index < -0.39 is 0 Å². The Hall–Kier alpha value is -5.37. The molecule has 1 heteroatoms. The standard InChI is InChI=1S/C45H26S/c1-2-13-31-27(10-1)22-24-34-32-14-3-5-18-37(32)45(44(31)34)38-19-6-4-15-35(38)43-30(16-9-20-39(43)45)29-23-25-40-36(26-29)33-17-7-11-28-12-8-21-41(46-40)42(28)33/h1-26H. The minimum absolute atomic E-state index is 0.386. The van der Waals surface area contributed by atoms with E-state index in [1.807, 2.05) is 11.8 Å². The minimum atomic E-state index is -0.386. The Morgan fingerprint density at radius 3 is 1.98 bits per heavy atom. The Kier molecular flexibility index (Phi) is 4.80. The molecule has 0 radical (unpaired) electrons. The molecule has 0 saturated heterocycles. The monoisotopic (exact) mass is 598 g/mol. The molecule has 0 saturated carbocycles. The quantitative estimate of drug-likeness (QED) is 0.181. The van der Waals surface area contributed by atoms with Gasteiger partial charge in [0, 0.05) is 15.2 Å². The fourth-order valence-electron chi connectivity index (χ4n) is 8.94. The van der Waals surface area contributed by atoms with Crippen LogP contribution in [-0.2, 0) is 5.41 Å². The highest BCUT2D eigenvalue weighted by molar-refractivity contribution is 7.99. The van der Waals surface area contributed by atoms with Crippen molar-refractivity contribution in [2.24, 2.45) is 0 Å². The molecule has 0 nitrogen and oxygen atoms in total. The molecule has 1 spiro atoms. The van der Waals surface area contributed by atoms with Crippen molar-refractivity contribution in [1.29, 1.82) is 0 Å². The van der Waals surface area contributed by atoms with Gasteiger partial charge in [0.15, 0.2) is 0 Å². The lowest BCUT2D eigenvalue weighted by molar-refractivity contribution is 0.801. The van der Waals surface area contributed by atoms with Crippen molar-refractivity contribution in [2.75, 3.05) is 0 Å². The summed E-state index contributed by atoms with van der Waals surface area (Å²) in [5.41, 5.74) is 15.8. The van der Waals surface area contributed by atoms with Crippen LogP contribution >= 0.6 is 11.8 Å². The van der Waals surface area contributed by atoms with Gasteiger partial charge in [0.25, 0.3) is 0 Å². The molecular weight excluding hydrogens is 573 g/mol. The van der Waals surface area contributed by atoms with Crippen LogP contribution < -0.4 is 0 Å². The van der Waals surface area contributed by atoms with Crippen molar-refractivity contribution in [3.05, 3.63) is 180 Å². The third kappa shape index (κ3) is 2.97. The van der Waals surface area contributed by atoms with Crippen LogP contribution in [0.2, 0.25) is 0 Å². The Balaban J connectivity index is 1.23. The van der Waals surface area contributed by atoms with Crippen LogP contribution in [-0.4, -0.2) is 0 Å². The van der Waals surface area contributed by atoms with Gasteiger partial charge in [-0.15, -0.1) is 0 Å². The van der Waals surface area contributed by atoms with Crippen molar-refractivity contribution in [1.82, 2.24) is 0 Å². The van der Waals surface area contributed by atoms with E-state index in [0.29, 0.717) is 0 Å². The second kappa shape index (κ2) is 8.88. The maximum absolute atomic E-state index is 2.45. The first-order valence-corrected chi connectivity index (χ1v) is 16.8. The molecule has 0 fully saturated rings. The van der Waals surface area contributed by atoms with Gasteiger partial charge in [-0.2, -0.15) is 0 Å². The molecule has 1 unspecified atom stereocenters. The highest BCUT2D eigenvalue weighted by Crippen LogP contribution is 2.65. The van der Waals surface area contributed by atoms with Gasteiger partial charge in [0.05, 0.1) is 5.41 Å². The second-order valence-corrected chi connectivity index (χ2v) is 13.8. The van der Waals surface area contributed by atoms with E-state index >= 15 is 0 Å². The molecule has 0 N–H and O–H groups in total. The summed E-state index contributed by atoms with van der Waals surface area (Å²) in [6.07, 6.45) is 0. The first kappa shape index (κ1) is 24.9. The van der Waals surface area contributed by atoms with Crippen LogP contribution in [0.5, 0.6) is 0 Å². The molecule has 8 aromatic carbocycles. The molecule has 1 aliphatic heterocycles. The number of hydrogen-bond donors (Lipinski definition) is 0. The first-order valence-electron chi connectivity index (χ1n) is 16.0. The van der Waals surface area contributed by atoms with Gasteiger partial charge in [-0.05, 0) is 101 Å². The van der Waals surface area contributed by atoms with Crippen LogP contribution in [0.15, 0.2) is 168 Å². The van der Waals surface area contributed by atoms with Gasteiger partial charge in [-0.3, -0.25) is 0 Å². The highest BCUT2D eigenvalue weighted by Gasteiger charge is 2.52. The lowest BCUT2D eigenvalue weighted by Gasteiger charge is -2.31.